The van der Waals surface area contributed by atoms with Crippen molar-refractivity contribution in [3.8, 4) is 0 Å². The van der Waals surface area contributed by atoms with Crippen LogP contribution in [0, 0.1) is 6.92 Å². The van der Waals surface area contributed by atoms with Crippen LogP contribution in [-0.2, 0) is 6.42 Å². The first-order valence-corrected chi connectivity index (χ1v) is 11.6. The lowest BCUT2D eigenvalue weighted by atomic mass is 10.1. The van der Waals surface area contributed by atoms with Crippen LogP contribution in [0.4, 0.5) is 16.2 Å². The Labute approximate surface area is 214 Å². The van der Waals surface area contributed by atoms with Gasteiger partial charge in [-0.1, -0.05) is 25.1 Å². The molecule has 0 bridgehead atoms. The molecule has 1 fully saturated rings. The normalized spacial score (nSPS) is 13.6. The van der Waals surface area contributed by atoms with Gasteiger partial charge in [0.2, 0.25) is 0 Å². The predicted molar refractivity (Wildman–Crippen MR) is 147 cm³/mol. The lowest BCUT2D eigenvalue weighted by Gasteiger charge is -2.36. The number of fused-ring (bicyclic) bond motifs is 1. The van der Waals surface area contributed by atoms with Crippen molar-refractivity contribution in [1.29, 1.82) is 0 Å². The monoisotopic (exact) mass is 503 g/mol. The molecule has 4 rings (SSSR count). The molecule has 0 spiro atoms. The lowest BCUT2D eigenvalue weighted by Crippen LogP contribution is -2.47. The first-order chi connectivity index (χ1) is 15.6. The number of anilines is 2. The molecule has 184 valence electrons. The molecule has 2 aromatic carbocycles. The van der Waals surface area contributed by atoms with Crippen molar-refractivity contribution in [1.82, 2.24) is 15.2 Å². The number of amides is 2. The Kier molecular flexibility index (Phi) is 10.9. The first-order valence-electron chi connectivity index (χ1n) is 11.6. The number of halogens is 2. The Morgan fingerprint density at radius 2 is 1.76 bits per heavy atom. The van der Waals surface area contributed by atoms with Gasteiger partial charge in [0.1, 0.15) is 0 Å². The van der Waals surface area contributed by atoms with Gasteiger partial charge in [0.05, 0.1) is 5.52 Å². The van der Waals surface area contributed by atoms with Crippen LogP contribution >= 0.6 is 24.8 Å². The van der Waals surface area contributed by atoms with E-state index in [1.807, 2.05) is 26.0 Å². The highest BCUT2D eigenvalue weighted by Crippen LogP contribution is 2.27. The number of hydrogen-bond acceptors (Lipinski definition) is 4. The van der Waals surface area contributed by atoms with E-state index in [4.69, 9.17) is 0 Å². The van der Waals surface area contributed by atoms with E-state index in [0.717, 1.165) is 62.5 Å². The Bertz CT molecular complexity index is 1070. The summed E-state index contributed by atoms with van der Waals surface area (Å²) in [4.78, 5) is 21.6. The van der Waals surface area contributed by atoms with Crippen LogP contribution in [-0.4, -0.2) is 55.2 Å². The molecule has 2 heterocycles. The third kappa shape index (κ3) is 7.23. The lowest BCUT2D eigenvalue weighted by molar-refractivity contribution is 0.252. The summed E-state index contributed by atoms with van der Waals surface area (Å²) in [5.74, 6) is 0. The summed E-state index contributed by atoms with van der Waals surface area (Å²) < 4.78 is 0. The molecule has 1 aliphatic rings. The number of carbonyl (C=O) groups excluding carboxylic acids is 1. The maximum Gasteiger partial charge on any atom is 0.319 e. The number of urea groups is 1. The molecule has 8 heteroatoms. The number of nitrogens with zero attached hydrogens (tertiary/aromatic N) is 3. The van der Waals surface area contributed by atoms with Crippen molar-refractivity contribution in [2.24, 2.45) is 0 Å². The van der Waals surface area contributed by atoms with E-state index < -0.39 is 0 Å². The number of hydrogen-bond donors (Lipinski definition) is 2. The summed E-state index contributed by atoms with van der Waals surface area (Å²) in [6.07, 6.45) is 1.90. The molecule has 0 radical (unpaired) electrons. The minimum Gasteiger partial charge on any atom is -0.368 e. The standard InChI is InChI=1S/C26H33N5O.2ClH/c1-3-13-27-26(32)29-22-7-4-6-21(19-22)12-14-30-15-17-31(18-16-30)25-9-5-8-24-23(25)11-10-20(2)28-24;;/h4-11,19H,3,12-18H2,1-2H3,(H2,27,29,32);2*1H. The number of carbonyl (C=O) groups is 1. The van der Waals surface area contributed by atoms with Crippen molar-refractivity contribution < 1.29 is 4.79 Å². The molecule has 1 aromatic heterocycles. The molecule has 2 N–H and O–H groups in total. The Balaban J connectivity index is 0.00000204. The molecule has 1 aliphatic heterocycles. The van der Waals surface area contributed by atoms with Gasteiger partial charge in [0.15, 0.2) is 0 Å². The van der Waals surface area contributed by atoms with Gasteiger partial charge in [-0.15, -0.1) is 24.8 Å². The van der Waals surface area contributed by atoms with Gasteiger partial charge in [0, 0.05) is 61.7 Å². The van der Waals surface area contributed by atoms with Crippen molar-refractivity contribution >= 4 is 53.1 Å². The topological polar surface area (TPSA) is 60.5 Å². The van der Waals surface area contributed by atoms with E-state index in [1.54, 1.807) is 0 Å². The number of aryl methyl sites for hydroxylation is 1. The fourth-order valence-electron chi connectivity index (χ4n) is 4.23. The van der Waals surface area contributed by atoms with Gasteiger partial charge in [-0.05, 0) is 61.7 Å². The zero-order chi connectivity index (χ0) is 22.3. The maximum atomic E-state index is 11.9. The molecule has 1 saturated heterocycles. The van der Waals surface area contributed by atoms with E-state index in [9.17, 15) is 4.79 Å². The summed E-state index contributed by atoms with van der Waals surface area (Å²) in [6, 6.07) is 18.7. The summed E-state index contributed by atoms with van der Waals surface area (Å²) in [5, 5.41) is 7.01. The van der Waals surface area contributed by atoms with Crippen LogP contribution in [0.5, 0.6) is 0 Å². The number of rotatable bonds is 7. The third-order valence-corrected chi connectivity index (χ3v) is 6.00. The SMILES string of the molecule is CCCNC(=O)Nc1cccc(CCN2CCN(c3cccc4nc(C)ccc34)CC2)c1.Cl.Cl. The second-order valence-electron chi connectivity index (χ2n) is 8.46. The predicted octanol–water partition coefficient (Wildman–Crippen LogP) is 5.28. The molecule has 0 unspecified atom stereocenters. The average molecular weight is 505 g/mol. The Hall–Kier alpha value is -2.54. The molecule has 0 saturated carbocycles. The minimum atomic E-state index is -0.140. The molecule has 34 heavy (non-hydrogen) atoms. The molecule has 2 amide bonds. The summed E-state index contributed by atoms with van der Waals surface area (Å²) in [6.45, 7) is 9.93. The molecule has 6 nitrogen and oxygen atoms in total. The van der Waals surface area contributed by atoms with E-state index in [-0.39, 0.29) is 30.8 Å². The third-order valence-electron chi connectivity index (χ3n) is 6.00. The highest BCUT2D eigenvalue weighted by Gasteiger charge is 2.18. The second kappa shape index (κ2) is 13.4. The summed E-state index contributed by atoms with van der Waals surface area (Å²) in [7, 11) is 0. The van der Waals surface area contributed by atoms with Gasteiger partial charge in [-0.25, -0.2) is 4.79 Å². The van der Waals surface area contributed by atoms with E-state index in [2.05, 4.69) is 67.9 Å². The fraction of sp³-hybridized carbons (Fsp3) is 0.385. The zero-order valence-corrected chi connectivity index (χ0v) is 21.6. The zero-order valence-electron chi connectivity index (χ0n) is 19.9. The summed E-state index contributed by atoms with van der Waals surface area (Å²) >= 11 is 0. The molecule has 3 aromatic rings. The van der Waals surface area contributed by atoms with Crippen LogP contribution in [0.2, 0.25) is 0 Å². The average Bonchev–Trinajstić information content (AvgIpc) is 2.81. The van der Waals surface area contributed by atoms with Crippen molar-refractivity contribution in [2.75, 3.05) is 49.5 Å². The van der Waals surface area contributed by atoms with E-state index in [0.29, 0.717) is 6.54 Å². The van der Waals surface area contributed by atoms with Crippen LogP contribution in [0.3, 0.4) is 0 Å². The van der Waals surface area contributed by atoms with Gasteiger partial charge in [0.25, 0.3) is 0 Å². The number of benzene rings is 2. The van der Waals surface area contributed by atoms with Crippen LogP contribution in [0.25, 0.3) is 10.9 Å². The highest BCUT2D eigenvalue weighted by atomic mass is 35.5. The number of piperazine rings is 1. The number of aromatic nitrogens is 1. The van der Waals surface area contributed by atoms with Crippen LogP contribution < -0.4 is 15.5 Å². The van der Waals surface area contributed by atoms with Gasteiger partial charge < -0.3 is 15.5 Å². The number of nitrogens with one attached hydrogen (secondary N) is 2. The largest absolute Gasteiger partial charge is 0.368 e. The maximum absolute atomic E-state index is 11.9. The molecular formula is C26H35Cl2N5O. The van der Waals surface area contributed by atoms with Gasteiger partial charge >= 0.3 is 6.03 Å². The first kappa shape index (κ1) is 27.7. The molecule has 0 aliphatic carbocycles. The fourth-order valence-corrected chi connectivity index (χ4v) is 4.23. The molecular weight excluding hydrogens is 469 g/mol. The second-order valence-corrected chi connectivity index (χ2v) is 8.46. The number of pyridine rings is 1. The summed E-state index contributed by atoms with van der Waals surface area (Å²) in [5.41, 5.74) is 5.51. The van der Waals surface area contributed by atoms with Crippen LogP contribution in [0.15, 0.2) is 54.6 Å². The van der Waals surface area contributed by atoms with E-state index in [1.165, 1.54) is 16.6 Å². The molecule has 0 atom stereocenters. The van der Waals surface area contributed by atoms with Crippen molar-refractivity contribution in [2.45, 2.75) is 26.7 Å². The smallest absolute Gasteiger partial charge is 0.319 e. The van der Waals surface area contributed by atoms with Crippen LogP contribution in [0.1, 0.15) is 24.6 Å². The van der Waals surface area contributed by atoms with Crippen molar-refractivity contribution in [3.05, 3.63) is 65.9 Å². The van der Waals surface area contributed by atoms with Gasteiger partial charge in [-0.2, -0.15) is 0 Å². The Morgan fingerprint density at radius 1 is 1.00 bits per heavy atom. The quantitative estimate of drug-likeness (QED) is 0.460. The van der Waals surface area contributed by atoms with Crippen molar-refractivity contribution in [3.63, 3.8) is 0 Å². The Morgan fingerprint density at radius 3 is 2.53 bits per heavy atom. The highest BCUT2D eigenvalue weighted by molar-refractivity contribution is 5.92. The van der Waals surface area contributed by atoms with E-state index >= 15 is 0 Å². The minimum absolute atomic E-state index is 0. The van der Waals surface area contributed by atoms with Gasteiger partial charge in [-0.3, -0.25) is 9.88 Å².